The molecule has 0 saturated heterocycles. The van der Waals surface area contributed by atoms with Crippen molar-refractivity contribution in [2.24, 2.45) is 0 Å². The Morgan fingerprint density at radius 2 is 1.23 bits per heavy atom. The van der Waals surface area contributed by atoms with Crippen molar-refractivity contribution in [3.63, 3.8) is 0 Å². The van der Waals surface area contributed by atoms with Crippen LogP contribution in [-0.4, -0.2) is 37.5 Å². The van der Waals surface area contributed by atoms with Crippen LogP contribution >= 0.6 is 0 Å². The van der Waals surface area contributed by atoms with E-state index in [1.54, 1.807) is 31.3 Å². The molecule has 2 amide bonds. The van der Waals surface area contributed by atoms with Crippen molar-refractivity contribution >= 4 is 11.8 Å². The van der Waals surface area contributed by atoms with Crippen LogP contribution < -0.4 is 19.5 Å². The minimum absolute atomic E-state index is 0.205. The molecule has 4 aromatic rings. The predicted octanol–water partition coefficient (Wildman–Crippen LogP) is 5.17. The van der Waals surface area contributed by atoms with Crippen molar-refractivity contribution < 1.29 is 23.8 Å². The summed E-state index contributed by atoms with van der Waals surface area (Å²) in [7, 11) is 3.21. The van der Waals surface area contributed by atoms with Gasteiger partial charge >= 0.3 is 0 Å². The monoisotopic (exact) mass is 524 g/mol. The minimum atomic E-state index is -0.876. The summed E-state index contributed by atoms with van der Waals surface area (Å²) in [5, 5.41) is 3.01. The van der Waals surface area contributed by atoms with Crippen molar-refractivity contribution in [2.45, 2.75) is 19.1 Å². The second-order valence-electron chi connectivity index (χ2n) is 8.85. The number of para-hydroxylation sites is 1. The largest absolute Gasteiger partial charge is 0.497 e. The minimum Gasteiger partial charge on any atom is -0.497 e. The standard InChI is InChI=1S/C32H32N2O5/c1-37-27-17-13-24(14-18-27)21-33-32(36)31(26-9-5-3-6-10-26)34(22-25-15-19-28(38-2)20-16-25)30(35)23-39-29-11-7-4-8-12-29/h3-20,31H,21-23H2,1-2H3,(H,33,36)/t31-/m0/s1. The molecule has 4 rings (SSSR count). The van der Waals surface area contributed by atoms with E-state index in [-0.39, 0.29) is 25.0 Å². The predicted molar refractivity (Wildman–Crippen MR) is 150 cm³/mol. The second kappa shape index (κ2) is 13.7. The second-order valence-corrected chi connectivity index (χ2v) is 8.85. The molecule has 1 atom stereocenters. The van der Waals surface area contributed by atoms with E-state index >= 15 is 0 Å². The normalized spacial score (nSPS) is 11.2. The molecule has 1 N–H and O–H groups in total. The lowest BCUT2D eigenvalue weighted by Crippen LogP contribution is -2.45. The Morgan fingerprint density at radius 3 is 1.79 bits per heavy atom. The fraction of sp³-hybridized carbons (Fsp3) is 0.188. The topological polar surface area (TPSA) is 77.1 Å². The molecule has 0 fully saturated rings. The molecule has 0 unspecified atom stereocenters. The van der Waals surface area contributed by atoms with Gasteiger partial charge in [-0.2, -0.15) is 0 Å². The molecule has 4 aromatic carbocycles. The van der Waals surface area contributed by atoms with Crippen LogP contribution in [0.15, 0.2) is 109 Å². The lowest BCUT2D eigenvalue weighted by atomic mass is 10.0. The first-order valence-electron chi connectivity index (χ1n) is 12.6. The highest BCUT2D eigenvalue weighted by Gasteiger charge is 2.31. The third-order valence-electron chi connectivity index (χ3n) is 6.24. The van der Waals surface area contributed by atoms with E-state index in [0.717, 1.165) is 16.9 Å². The van der Waals surface area contributed by atoms with Gasteiger partial charge in [0.2, 0.25) is 5.91 Å². The Morgan fingerprint density at radius 1 is 0.692 bits per heavy atom. The summed E-state index contributed by atoms with van der Waals surface area (Å²) >= 11 is 0. The zero-order valence-electron chi connectivity index (χ0n) is 22.1. The van der Waals surface area contributed by atoms with Gasteiger partial charge in [-0.25, -0.2) is 0 Å². The SMILES string of the molecule is COc1ccc(CNC(=O)[C@H](c2ccccc2)N(Cc2ccc(OC)cc2)C(=O)COc2ccccc2)cc1. The Hall–Kier alpha value is -4.78. The molecule has 200 valence electrons. The van der Waals surface area contributed by atoms with E-state index in [2.05, 4.69) is 5.32 Å². The lowest BCUT2D eigenvalue weighted by molar-refractivity contribution is -0.143. The average Bonchev–Trinajstić information content (AvgIpc) is 3.00. The number of hydrogen-bond donors (Lipinski definition) is 1. The highest BCUT2D eigenvalue weighted by molar-refractivity contribution is 5.89. The average molecular weight is 525 g/mol. The van der Waals surface area contributed by atoms with Gasteiger partial charge in [0.15, 0.2) is 6.61 Å². The molecule has 7 nitrogen and oxygen atoms in total. The summed E-state index contributed by atoms with van der Waals surface area (Å²) < 4.78 is 16.3. The Labute approximate surface area is 228 Å². The molecule has 0 saturated carbocycles. The summed E-state index contributed by atoms with van der Waals surface area (Å²) in [5.74, 6) is 1.42. The number of hydrogen-bond acceptors (Lipinski definition) is 5. The Bertz CT molecular complexity index is 1330. The molecule has 39 heavy (non-hydrogen) atoms. The van der Waals surface area contributed by atoms with Gasteiger partial charge in [-0.15, -0.1) is 0 Å². The van der Waals surface area contributed by atoms with E-state index in [1.165, 1.54) is 0 Å². The number of methoxy groups -OCH3 is 2. The first-order valence-corrected chi connectivity index (χ1v) is 12.6. The molecule has 0 aliphatic heterocycles. The van der Waals surface area contributed by atoms with Crippen LogP contribution in [0.1, 0.15) is 22.7 Å². The van der Waals surface area contributed by atoms with Crippen molar-refractivity contribution in [1.82, 2.24) is 10.2 Å². The van der Waals surface area contributed by atoms with Crippen molar-refractivity contribution in [1.29, 1.82) is 0 Å². The Kier molecular flexibility index (Phi) is 9.56. The van der Waals surface area contributed by atoms with Crippen molar-refractivity contribution in [3.05, 3.63) is 126 Å². The molecule has 0 spiro atoms. The van der Waals surface area contributed by atoms with Gasteiger partial charge in [-0.3, -0.25) is 9.59 Å². The molecular formula is C32H32N2O5. The molecule has 0 radical (unpaired) electrons. The Balaban J connectivity index is 1.61. The van der Waals surface area contributed by atoms with E-state index < -0.39 is 6.04 Å². The van der Waals surface area contributed by atoms with E-state index in [9.17, 15) is 9.59 Å². The number of nitrogens with one attached hydrogen (secondary N) is 1. The van der Waals surface area contributed by atoms with Gasteiger partial charge in [0, 0.05) is 13.1 Å². The maximum Gasteiger partial charge on any atom is 0.261 e. The molecule has 0 heterocycles. The van der Waals surface area contributed by atoms with Gasteiger partial charge in [0.25, 0.3) is 5.91 Å². The number of carbonyl (C=O) groups is 2. The maximum absolute atomic E-state index is 13.8. The lowest BCUT2D eigenvalue weighted by Gasteiger charge is -2.31. The highest BCUT2D eigenvalue weighted by atomic mass is 16.5. The number of ether oxygens (including phenoxy) is 3. The third-order valence-corrected chi connectivity index (χ3v) is 6.24. The summed E-state index contributed by atoms with van der Waals surface area (Å²) in [6.45, 7) is 0.295. The third kappa shape index (κ3) is 7.61. The number of benzene rings is 4. The van der Waals surface area contributed by atoms with Crippen LogP contribution in [0.4, 0.5) is 0 Å². The smallest absolute Gasteiger partial charge is 0.261 e. The number of nitrogens with zero attached hydrogens (tertiary/aromatic N) is 1. The van der Waals surface area contributed by atoms with Crippen LogP contribution in [0.3, 0.4) is 0 Å². The highest BCUT2D eigenvalue weighted by Crippen LogP contribution is 2.25. The summed E-state index contributed by atoms with van der Waals surface area (Å²) in [6.07, 6.45) is 0. The summed E-state index contributed by atoms with van der Waals surface area (Å²) in [4.78, 5) is 29.0. The fourth-order valence-electron chi connectivity index (χ4n) is 4.13. The molecule has 0 aliphatic carbocycles. The van der Waals surface area contributed by atoms with Crippen LogP contribution in [0, 0.1) is 0 Å². The number of rotatable bonds is 12. The van der Waals surface area contributed by atoms with Crippen molar-refractivity contribution in [3.8, 4) is 17.2 Å². The first kappa shape index (κ1) is 27.3. The van der Waals surface area contributed by atoms with Gasteiger partial charge in [-0.05, 0) is 53.1 Å². The van der Waals surface area contributed by atoms with E-state index in [0.29, 0.717) is 23.6 Å². The molecule has 0 aromatic heterocycles. The van der Waals surface area contributed by atoms with Gasteiger partial charge in [0.05, 0.1) is 14.2 Å². The first-order chi connectivity index (χ1) is 19.1. The number of amides is 2. The number of carbonyl (C=O) groups excluding carboxylic acids is 2. The van der Waals surface area contributed by atoms with Crippen LogP contribution in [0.2, 0.25) is 0 Å². The van der Waals surface area contributed by atoms with Gasteiger partial charge in [0.1, 0.15) is 23.3 Å². The van der Waals surface area contributed by atoms with Crippen molar-refractivity contribution in [2.75, 3.05) is 20.8 Å². The zero-order valence-corrected chi connectivity index (χ0v) is 22.1. The quantitative estimate of drug-likeness (QED) is 0.277. The summed E-state index contributed by atoms with van der Waals surface area (Å²) in [5.41, 5.74) is 2.47. The van der Waals surface area contributed by atoms with Crippen LogP contribution in [0.25, 0.3) is 0 Å². The van der Waals surface area contributed by atoms with Crippen LogP contribution in [-0.2, 0) is 22.7 Å². The van der Waals surface area contributed by atoms with Gasteiger partial charge in [-0.1, -0.05) is 72.8 Å². The fourth-order valence-corrected chi connectivity index (χ4v) is 4.13. The van der Waals surface area contributed by atoms with Gasteiger partial charge < -0.3 is 24.4 Å². The van der Waals surface area contributed by atoms with E-state index in [4.69, 9.17) is 14.2 Å². The molecular weight excluding hydrogens is 492 g/mol. The molecule has 0 aliphatic rings. The van der Waals surface area contributed by atoms with E-state index in [1.807, 2.05) is 97.1 Å². The maximum atomic E-state index is 13.8. The zero-order chi connectivity index (χ0) is 27.5. The summed E-state index contributed by atoms with van der Waals surface area (Å²) in [6, 6.07) is 32.5. The molecule has 7 heteroatoms. The van der Waals surface area contributed by atoms with Crippen LogP contribution in [0.5, 0.6) is 17.2 Å². The molecule has 0 bridgehead atoms.